The second-order valence-electron chi connectivity index (χ2n) is 4.17. The number of hydrogen-bond donors (Lipinski definition) is 2. The largest absolute Gasteiger partial charge is 0.347 e. The lowest BCUT2D eigenvalue weighted by Crippen LogP contribution is -2.38. The van der Waals surface area contributed by atoms with E-state index in [0.717, 1.165) is 10.6 Å². The molecule has 0 unspecified atom stereocenters. The molecule has 100 valence electrons. The summed E-state index contributed by atoms with van der Waals surface area (Å²) in [4.78, 5) is 30.1. The Bertz CT molecular complexity index is 423. The van der Waals surface area contributed by atoms with Gasteiger partial charge in [-0.25, -0.2) is 4.98 Å². The molecule has 0 fully saturated rings. The lowest BCUT2D eigenvalue weighted by molar-refractivity contribution is -0.136. The minimum absolute atomic E-state index is 0.440. The molecule has 1 aromatic heterocycles. The number of anilines is 1. The molecule has 0 aromatic carbocycles. The SMILES string of the molecule is Cc1nc(NC(=O)C(=O)NCCN(C)C)sc1C. The summed E-state index contributed by atoms with van der Waals surface area (Å²) >= 11 is 1.36. The van der Waals surface area contributed by atoms with E-state index >= 15 is 0 Å². The van der Waals surface area contributed by atoms with Crippen molar-refractivity contribution in [3.05, 3.63) is 10.6 Å². The highest BCUT2D eigenvalue weighted by Crippen LogP contribution is 2.20. The van der Waals surface area contributed by atoms with Gasteiger partial charge in [-0.3, -0.25) is 14.9 Å². The third kappa shape index (κ3) is 4.42. The minimum Gasteiger partial charge on any atom is -0.347 e. The van der Waals surface area contributed by atoms with Gasteiger partial charge in [0.1, 0.15) is 0 Å². The summed E-state index contributed by atoms with van der Waals surface area (Å²) in [7, 11) is 3.79. The molecular formula is C11H18N4O2S. The zero-order chi connectivity index (χ0) is 13.7. The van der Waals surface area contributed by atoms with Gasteiger partial charge in [-0.05, 0) is 27.9 Å². The molecule has 7 heteroatoms. The van der Waals surface area contributed by atoms with Crippen LogP contribution in [0.5, 0.6) is 0 Å². The van der Waals surface area contributed by atoms with Crippen LogP contribution in [0.3, 0.4) is 0 Å². The first kappa shape index (κ1) is 14.6. The maximum atomic E-state index is 11.5. The zero-order valence-corrected chi connectivity index (χ0v) is 11.8. The number of rotatable bonds is 4. The first-order valence-corrected chi connectivity index (χ1v) is 6.39. The maximum Gasteiger partial charge on any atom is 0.315 e. The van der Waals surface area contributed by atoms with E-state index < -0.39 is 11.8 Å². The summed E-state index contributed by atoms with van der Waals surface area (Å²) in [6, 6.07) is 0. The van der Waals surface area contributed by atoms with Crippen molar-refractivity contribution in [1.29, 1.82) is 0 Å². The van der Waals surface area contributed by atoms with Crippen LogP contribution in [0.2, 0.25) is 0 Å². The summed E-state index contributed by atoms with van der Waals surface area (Å²) in [6.45, 7) is 4.90. The monoisotopic (exact) mass is 270 g/mol. The third-order valence-corrected chi connectivity index (χ3v) is 3.29. The summed E-state index contributed by atoms with van der Waals surface area (Å²) in [5.41, 5.74) is 0.864. The second kappa shape index (κ2) is 6.46. The molecule has 0 saturated carbocycles. The van der Waals surface area contributed by atoms with E-state index in [1.165, 1.54) is 11.3 Å². The zero-order valence-electron chi connectivity index (χ0n) is 11.0. The van der Waals surface area contributed by atoms with Crippen molar-refractivity contribution < 1.29 is 9.59 Å². The quantitative estimate of drug-likeness (QED) is 0.776. The first-order chi connectivity index (χ1) is 8.40. The Morgan fingerprint density at radius 2 is 1.94 bits per heavy atom. The highest BCUT2D eigenvalue weighted by atomic mass is 32.1. The highest BCUT2D eigenvalue weighted by Gasteiger charge is 2.15. The molecule has 0 radical (unpaired) electrons. The average molecular weight is 270 g/mol. The topological polar surface area (TPSA) is 74.3 Å². The molecule has 0 saturated heterocycles. The number of nitrogens with one attached hydrogen (secondary N) is 2. The Morgan fingerprint density at radius 1 is 1.28 bits per heavy atom. The Balaban J connectivity index is 2.42. The predicted molar refractivity (Wildman–Crippen MR) is 71.8 cm³/mol. The van der Waals surface area contributed by atoms with Gasteiger partial charge in [0.2, 0.25) is 0 Å². The van der Waals surface area contributed by atoms with Crippen molar-refractivity contribution in [1.82, 2.24) is 15.2 Å². The van der Waals surface area contributed by atoms with Gasteiger partial charge in [-0.15, -0.1) is 11.3 Å². The molecule has 6 nitrogen and oxygen atoms in total. The van der Waals surface area contributed by atoms with Gasteiger partial charge in [0.15, 0.2) is 5.13 Å². The molecule has 0 spiro atoms. The average Bonchev–Trinajstić information content (AvgIpc) is 2.57. The van der Waals surface area contributed by atoms with E-state index in [2.05, 4.69) is 15.6 Å². The number of thiazole rings is 1. The number of carbonyl (C=O) groups is 2. The predicted octanol–water partition coefficient (Wildman–Crippen LogP) is 0.376. The molecule has 0 aliphatic carbocycles. The molecule has 0 bridgehead atoms. The highest BCUT2D eigenvalue weighted by molar-refractivity contribution is 7.15. The van der Waals surface area contributed by atoms with Crippen molar-refractivity contribution in [2.24, 2.45) is 0 Å². The smallest absolute Gasteiger partial charge is 0.315 e. The lowest BCUT2D eigenvalue weighted by Gasteiger charge is -2.09. The van der Waals surface area contributed by atoms with Gasteiger partial charge in [-0.1, -0.05) is 0 Å². The minimum atomic E-state index is -0.678. The van der Waals surface area contributed by atoms with Crippen molar-refractivity contribution in [2.75, 3.05) is 32.5 Å². The van der Waals surface area contributed by atoms with Gasteiger partial charge in [0, 0.05) is 18.0 Å². The van der Waals surface area contributed by atoms with Crippen LogP contribution in [-0.4, -0.2) is 48.9 Å². The van der Waals surface area contributed by atoms with Gasteiger partial charge in [0.05, 0.1) is 5.69 Å². The fraction of sp³-hybridized carbons (Fsp3) is 0.545. The summed E-state index contributed by atoms with van der Waals surface area (Å²) in [5.74, 6) is -1.31. The Hall–Kier alpha value is -1.47. The van der Waals surface area contributed by atoms with Crippen LogP contribution in [0.15, 0.2) is 0 Å². The summed E-state index contributed by atoms with van der Waals surface area (Å²) in [6.07, 6.45) is 0. The fourth-order valence-corrected chi connectivity index (χ4v) is 1.96. The molecule has 1 aromatic rings. The normalized spacial score (nSPS) is 10.5. The number of aryl methyl sites for hydroxylation is 2. The Kier molecular flexibility index (Phi) is 5.24. The number of amides is 2. The molecule has 18 heavy (non-hydrogen) atoms. The van der Waals surface area contributed by atoms with Crippen molar-refractivity contribution in [3.63, 3.8) is 0 Å². The maximum absolute atomic E-state index is 11.5. The van der Waals surface area contributed by atoms with E-state index in [1.54, 1.807) is 0 Å². The van der Waals surface area contributed by atoms with Crippen LogP contribution in [0, 0.1) is 13.8 Å². The van der Waals surface area contributed by atoms with Gasteiger partial charge in [-0.2, -0.15) is 0 Å². The second-order valence-corrected chi connectivity index (χ2v) is 5.38. The van der Waals surface area contributed by atoms with Gasteiger partial charge >= 0.3 is 11.8 Å². The van der Waals surface area contributed by atoms with Crippen molar-refractivity contribution >= 4 is 28.3 Å². The van der Waals surface area contributed by atoms with Crippen LogP contribution < -0.4 is 10.6 Å². The number of likely N-dealkylation sites (N-methyl/N-ethyl adjacent to an activating group) is 1. The Morgan fingerprint density at radius 3 is 2.44 bits per heavy atom. The van der Waals surface area contributed by atoms with E-state index in [1.807, 2.05) is 32.8 Å². The lowest BCUT2D eigenvalue weighted by atomic mass is 10.4. The van der Waals surface area contributed by atoms with Crippen molar-refractivity contribution in [2.45, 2.75) is 13.8 Å². The van der Waals surface area contributed by atoms with Crippen LogP contribution in [-0.2, 0) is 9.59 Å². The molecule has 0 aliphatic heterocycles. The van der Waals surface area contributed by atoms with E-state index in [0.29, 0.717) is 18.2 Å². The Labute approximate surface area is 110 Å². The van der Waals surface area contributed by atoms with E-state index in [4.69, 9.17) is 0 Å². The molecule has 0 atom stereocenters. The number of carbonyl (C=O) groups excluding carboxylic acids is 2. The summed E-state index contributed by atoms with van der Waals surface area (Å²) in [5, 5.41) is 5.48. The molecule has 0 aliphatic rings. The molecule has 1 rings (SSSR count). The van der Waals surface area contributed by atoms with E-state index in [-0.39, 0.29) is 0 Å². The van der Waals surface area contributed by atoms with Crippen LogP contribution in [0.1, 0.15) is 10.6 Å². The van der Waals surface area contributed by atoms with Crippen LogP contribution in [0.25, 0.3) is 0 Å². The number of nitrogens with zero attached hydrogens (tertiary/aromatic N) is 2. The van der Waals surface area contributed by atoms with Crippen molar-refractivity contribution in [3.8, 4) is 0 Å². The fourth-order valence-electron chi connectivity index (χ4n) is 1.15. The first-order valence-electron chi connectivity index (χ1n) is 5.58. The number of aromatic nitrogens is 1. The molecule has 2 amide bonds. The number of hydrogen-bond acceptors (Lipinski definition) is 5. The molecular weight excluding hydrogens is 252 g/mol. The standard InChI is InChI=1S/C11H18N4O2S/c1-7-8(2)18-11(13-7)14-10(17)9(16)12-5-6-15(3)4/h5-6H2,1-4H3,(H,12,16)(H,13,14,17). The van der Waals surface area contributed by atoms with Crippen LogP contribution in [0.4, 0.5) is 5.13 Å². The summed E-state index contributed by atoms with van der Waals surface area (Å²) < 4.78 is 0. The van der Waals surface area contributed by atoms with Gasteiger partial charge in [0.25, 0.3) is 0 Å². The van der Waals surface area contributed by atoms with Crippen LogP contribution >= 0.6 is 11.3 Å². The third-order valence-electron chi connectivity index (χ3n) is 2.30. The van der Waals surface area contributed by atoms with Gasteiger partial charge < -0.3 is 10.2 Å². The molecule has 2 N–H and O–H groups in total. The molecule has 1 heterocycles. The van der Waals surface area contributed by atoms with E-state index in [9.17, 15) is 9.59 Å².